The number of carbonyl (C=O) groups is 1. The summed E-state index contributed by atoms with van der Waals surface area (Å²) in [6.45, 7) is 4.27. The largest absolute Gasteiger partial charge is 0.490 e. The summed E-state index contributed by atoms with van der Waals surface area (Å²) in [5.74, 6) is 0.0754. The Morgan fingerprint density at radius 2 is 1.89 bits per heavy atom. The first-order valence-corrected chi connectivity index (χ1v) is 12.3. The van der Waals surface area contributed by atoms with Crippen molar-refractivity contribution in [3.8, 4) is 22.8 Å². The lowest BCUT2D eigenvalue weighted by Crippen LogP contribution is -2.10. The van der Waals surface area contributed by atoms with Crippen LogP contribution in [0.5, 0.6) is 11.5 Å². The first-order chi connectivity index (χ1) is 16.9. The van der Waals surface area contributed by atoms with E-state index in [0.29, 0.717) is 22.5 Å². The van der Waals surface area contributed by atoms with Gasteiger partial charge in [0, 0.05) is 15.5 Å². The fourth-order valence-corrected chi connectivity index (χ4v) is 4.51. The van der Waals surface area contributed by atoms with Gasteiger partial charge in [0.1, 0.15) is 0 Å². The third-order valence-electron chi connectivity index (χ3n) is 4.84. The maximum atomic E-state index is 12.6. The summed E-state index contributed by atoms with van der Waals surface area (Å²) in [5, 5.41) is 5.63. The van der Waals surface area contributed by atoms with Crippen molar-refractivity contribution in [2.75, 3.05) is 12.0 Å². The minimum absolute atomic E-state index is 0.210. The molecule has 0 aliphatic carbocycles. The van der Waals surface area contributed by atoms with Crippen molar-refractivity contribution >= 4 is 51.9 Å². The van der Waals surface area contributed by atoms with Gasteiger partial charge in [-0.05, 0) is 55.8 Å². The molecule has 1 aromatic heterocycles. The number of thiazole rings is 1. The summed E-state index contributed by atoms with van der Waals surface area (Å²) in [5.41, 5.74) is 5.93. The highest BCUT2D eigenvalue weighted by atomic mass is 35.5. The third kappa shape index (κ3) is 6.19. The minimum Gasteiger partial charge on any atom is -0.490 e. The van der Waals surface area contributed by atoms with Crippen molar-refractivity contribution in [3.63, 3.8) is 0 Å². The quantitative estimate of drug-likeness (QED) is 0.111. The summed E-state index contributed by atoms with van der Waals surface area (Å²) in [4.78, 5) is 18.3. The minimum atomic E-state index is -0.607. The average Bonchev–Trinajstić information content (AvgIpc) is 3.21. The number of nitrogens with zero attached hydrogens (tertiary/aromatic N) is 2. The van der Waals surface area contributed by atoms with Gasteiger partial charge in [-0.25, -0.2) is 9.78 Å². The van der Waals surface area contributed by atoms with Gasteiger partial charge in [-0.3, -0.25) is 5.43 Å². The van der Waals surface area contributed by atoms with Crippen LogP contribution in [-0.2, 0) is 0 Å². The molecule has 0 aliphatic heterocycles. The lowest BCUT2D eigenvalue weighted by atomic mass is 10.1. The Morgan fingerprint density at radius 3 is 2.63 bits per heavy atom. The number of aryl methyl sites for hydroxylation is 1. The molecule has 0 fully saturated rings. The second-order valence-electron chi connectivity index (χ2n) is 7.31. The Bertz CT molecular complexity index is 1370. The topological polar surface area (TPSA) is 72.8 Å². The predicted octanol–water partition coefficient (Wildman–Crippen LogP) is 7.49. The van der Waals surface area contributed by atoms with Gasteiger partial charge in [-0.15, -0.1) is 11.3 Å². The van der Waals surface area contributed by atoms with Crippen molar-refractivity contribution in [2.45, 2.75) is 13.8 Å². The Hall–Kier alpha value is -3.39. The highest BCUT2D eigenvalue weighted by Gasteiger charge is 2.16. The normalized spacial score (nSPS) is 11.0. The molecule has 9 heteroatoms. The van der Waals surface area contributed by atoms with Gasteiger partial charge in [-0.1, -0.05) is 53.5 Å². The summed E-state index contributed by atoms with van der Waals surface area (Å²) in [6, 6.07) is 19.7. The number of nitrogens with one attached hydrogen (secondary N) is 1. The zero-order valence-corrected chi connectivity index (χ0v) is 21.2. The number of carbonyl (C=O) groups excluding carboxylic acids is 1. The number of hydrogen-bond acceptors (Lipinski definition) is 7. The molecule has 0 spiro atoms. The monoisotopic (exact) mass is 525 g/mol. The number of hydrazone groups is 1. The lowest BCUT2D eigenvalue weighted by Gasteiger charge is -2.12. The Balaban J connectivity index is 1.47. The number of ether oxygens (including phenoxy) is 2. The van der Waals surface area contributed by atoms with Crippen LogP contribution in [0.1, 0.15) is 27.7 Å². The van der Waals surface area contributed by atoms with Crippen molar-refractivity contribution in [1.29, 1.82) is 0 Å². The van der Waals surface area contributed by atoms with Crippen molar-refractivity contribution < 1.29 is 14.3 Å². The van der Waals surface area contributed by atoms with Crippen molar-refractivity contribution in [2.24, 2.45) is 5.10 Å². The molecular formula is C26H21Cl2N3O3S. The highest BCUT2D eigenvalue weighted by Crippen LogP contribution is 2.31. The standard InChI is InChI=1S/C26H21Cl2N3O3S/c1-3-33-23-13-17(9-12-22(23)34-25(32)20-11-10-19(27)14-21(20)28)15-29-31-26-30-24(16(2)35-26)18-7-5-4-6-8-18/h4-15H,3H2,1-2H3,(H,30,31). The number of anilines is 1. The molecule has 0 saturated heterocycles. The number of aromatic nitrogens is 1. The van der Waals surface area contributed by atoms with Crippen molar-refractivity contribution in [3.05, 3.63) is 92.8 Å². The first kappa shape index (κ1) is 24.7. The van der Waals surface area contributed by atoms with Crippen LogP contribution in [0, 0.1) is 6.92 Å². The van der Waals surface area contributed by atoms with Crippen molar-refractivity contribution in [1.82, 2.24) is 4.98 Å². The molecule has 0 bridgehead atoms. The van der Waals surface area contributed by atoms with Gasteiger partial charge in [0.2, 0.25) is 5.13 Å². The van der Waals surface area contributed by atoms with Gasteiger partial charge in [0.15, 0.2) is 11.5 Å². The van der Waals surface area contributed by atoms with E-state index in [4.69, 9.17) is 32.7 Å². The molecule has 0 atom stereocenters. The van der Waals surface area contributed by atoms with Gasteiger partial charge >= 0.3 is 5.97 Å². The Morgan fingerprint density at radius 1 is 1.09 bits per heavy atom. The molecular weight excluding hydrogens is 505 g/mol. The van der Waals surface area contributed by atoms with E-state index >= 15 is 0 Å². The number of esters is 1. The van der Waals surface area contributed by atoms with E-state index in [1.54, 1.807) is 30.5 Å². The second kappa shape index (κ2) is 11.4. The molecule has 4 rings (SSSR count). The number of benzene rings is 3. The van der Waals surface area contributed by atoms with Gasteiger partial charge < -0.3 is 9.47 Å². The number of hydrogen-bond donors (Lipinski definition) is 1. The van der Waals surface area contributed by atoms with Crippen LogP contribution in [0.15, 0.2) is 71.8 Å². The van der Waals surface area contributed by atoms with E-state index in [1.165, 1.54) is 23.5 Å². The van der Waals surface area contributed by atoms with Crippen LogP contribution in [0.2, 0.25) is 10.0 Å². The molecule has 1 N–H and O–H groups in total. The van der Waals surface area contributed by atoms with Crippen LogP contribution in [0.4, 0.5) is 5.13 Å². The van der Waals surface area contributed by atoms with E-state index in [2.05, 4.69) is 15.5 Å². The summed E-state index contributed by atoms with van der Waals surface area (Å²) in [7, 11) is 0. The van der Waals surface area contributed by atoms with Gasteiger partial charge in [0.05, 0.1) is 29.1 Å². The number of halogens is 2. The fourth-order valence-electron chi connectivity index (χ4n) is 3.24. The van der Waals surface area contributed by atoms with Crippen LogP contribution in [0.3, 0.4) is 0 Å². The van der Waals surface area contributed by atoms with Gasteiger partial charge in [-0.2, -0.15) is 5.10 Å². The molecule has 1 heterocycles. The lowest BCUT2D eigenvalue weighted by molar-refractivity contribution is 0.0728. The zero-order chi connectivity index (χ0) is 24.8. The molecule has 4 aromatic rings. The SMILES string of the molecule is CCOc1cc(C=NNc2nc(-c3ccccc3)c(C)s2)ccc1OC(=O)c1ccc(Cl)cc1Cl. The van der Waals surface area contributed by atoms with E-state index in [0.717, 1.165) is 21.7 Å². The molecule has 0 amide bonds. The van der Waals surface area contributed by atoms with E-state index in [1.807, 2.05) is 44.2 Å². The molecule has 0 unspecified atom stereocenters. The van der Waals surface area contributed by atoms with E-state index in [-0.39, 0.29) is 16.3 Å². The summed E-state index contributed by atoms with van der Waals surface area (Å²) < 4.78 is 11.2. The second-order valence-corrected chi connectivity index (χ2v) is 9.36. The molecule has 3 aromatic carbocycles. The fraction of sp³-hybridized carbons (Fsp3) is 0.115. The smallest absolute Gasteiger partial charge is 0.345 e. The van der Waals surface area contributed by atoms with Gasteiger partial charge in [0.25, 0.3) is 0 Å². The predicted molar refractivity (Wildman–Crippen MR) is 143 cm³/mol. The van der Waals surface area contributed by atoms with Crippen LogP contribution >= 0.6 is 34.5 Å². The molecule has 178 valence electrons. The Kier molecular flexibility index (Phi) is 8.02. The summed E-state index contributed by atoms with van der Waals surface area (Å²) >= 11 is 13.6. The maximum Gasteiger partial charge on any atom is 0.345 e. The number of rotatable bonds is 8. The first-order valence-electron chi connectivity index (χ1n) is 10.7. The highest BCUT2D eigenvalue weighted by molar-refractivity contribution is 7.16. The molecule has 0 radical (unpaired) electrons. The third-order valence-corrected chi connectivity index (χ3v) is 6.26. The Labute approximate surface area is 217 Å². The average molecular weight is 526 g/mol. The van der Waals surface area contributed by atoms with Crippen LogP contribution in [-0.4, -0.2) is 23.8 Å². The summed E-state index contributed by atoms with van der Waals surface area (Å²) in [6.07, 6.45) is 1.64. The van der Waals surface area contributed by atoms with Crippen LogP contribution < -0.4 is 14.9 Å². The maximum absolute atomic E-state index is 12.6. The molecule has 0 aliphatic rings. The van der Waals surface area contributed by atoms with Crippen LogP contribution in [0.25, 0.3) is 11.3 Å². The van der Waals surface area contributed by atoms with E-state index in [9.17, 15) is 4.79 Å². The molecule has 35 heavy (non-hydrogen) atoms. The molecule has 6 nitrogen and oxygen atoms in total. The molecule has 0 saturated carbocycles. The zero-order valence-electron chi connectivity index (χ0n) is 18.9. The van der Waals surface area contributed by atoms with E-state index < -0.39 is 5.97 Å².